The number of aliphatic hydroxyl groups excluding tert-OH is 1. The average Bonchev–Trinajstić information content (AvgIpc) is 1.56. The van der Waals surface area contributed by atoms with Gasteiger partial charge in [-0.2, -0.15) is 0 Å². The van der Waals surface area contributed by atoms with Gasteiger partial charge in [-0.25, -0.2) is 14.4 Å². The molecule has 1 spiro atoms. The van der Waals surface area contributed by atoms with Gasteiger partial charge in [-0.15, -0.1) is 5.10 Å². The number of amides is 7. The molecule has 0 bridgehead atoms. The molecule has 586 valence electrons. The van der Waals surface area contributed by atoms with E-state index in [1.807, 2.05) is 122 Å². The van der Waals surface area contributed by atoms with Crippen LogP contribution < -0.4 is 44.1 Å². The van der Waals surface area contributed by atoms with Crippen molar-refractivity contribution in [1.29, 1.82) is 0 Å². The number of nitrogens with one attached hydrogen (secondary N) is 2. The highest BCUT2D eigenvalue weighted by molar-refractivity contribution is 6.07. The number of para-hydroxylation sites is 1. The van der Waals surface area contributed by atoms with E-state index in [1.54, 1.807) is 47.2 Å². The monoisotopic (exact) mass is 1520 g/mol. The molecule has 0 radical (unpaired) electrons. The van der Waals surface area contributed by atoms with Crippen LogP contribution in [0.3, 0.4) is 0 Å². The predicted molar refractivity (Wildman–Crippen MR) is 415 cm³/mol. The zero-order valence-electron chi connectivity index (χ0n) is 64.4. The minimum atomic E-state index is -1.48. The van der Waals surface area contributed by atoms with Crippen molar-refractivity contribution in [2.24, 2.45) is 11.3 Å². The van der Waals surface area contributed by atoms with Gasteiger partial charge in [-0.05, 0) is 146 Å². The Hall–Kier alpha value is -11.4. The highest BCUT2D eigenvalue weighted by Gasteiger charge is 2.58. The molecule has 3 N–H and O–H groups in total. The Morgan fingerprint density at radius 1 is 0.705 bits per heavy atom. The second-order valence-corrected chi connectivity index (χ2v) is 30.6. The third kappa shape index (κ3) is 16.1. The Kier molecular flexibility index (Phi) is 23.0. The zero-order chi connectivity index (χ0) is 78.6. The van der Waals surface area contributed by atoms with Crippen LogP contribution in [0, 0.1) is 11.3 Å². The predicted octanol–water partition coefficient (Wildman–Crippen LogP) is 11.2. The lowest BCUT2D eigenvalue weighted by Gasteiger charge is -2.31. The number of hydrogen-bond acceptors (Lipinski definition) is 18. The quantitative estimate of drug-likeness (QED) is 0.0384. The highest BCUT2D eigenvalue weighted by atomic mass is 16.6. The number of Topliss-reactive ketones (excluding diaryl/α,β-unsaturated/α-hetero) is 2. The molecule has 7 aliphatic rings. The average molecular weight is 1530 g/mol. The number of ether oxygens (including phenoxy) is 6. The summed E-state index contributed by atoms with van der Waals surface area (Å²) in [5.74, 6) is -0.935. The van der Waals surface area contributed by atoms with E-state index in [2.05, 4.69) is 20.9 Å². The van der Waals surface area contributed by atoms with Crippen LogP contribution in [0.2, 0.25) is 0 Å². The van der Waals surface area contributed by atoms with Crippen molar-refractivity contribution in [3.8, 4) is 51.3 Å². The molecule has 3 fully saturated rings. The molecule has 2 saturated heterocycles. The first kappa shape index (κ1) is 77.3. The number of hydrogen-bond donors (Lipinski definition) is 3. The number of nitrogens with zero attached hydrogens (tertiary/aromatic N) is 8. The molecule has 1 unspecified atom stereocenters. The number of carbonyl (C=O) groups is 9. The third-order valence-electron chi connectivity index (χ3n) is 23.1. The van der Waals surface area contributed by atoms with Crippen LogP contribution in [0.4, 0.5) is 16.2 Å². The van der Waals surface area contributed by atoms with E-state index in [0.29, 0.717) is 78.9 Å². The molecule has 6 aliphatic heterocycles. The molecule has 7 aromatic rings. The Morgan fingerprint density at radius 2 is 1.40 bits per heavy atom. The lowest BCUT2D eigenvalue weighted by atomic mass is 9.91. The van der Waals surface area contributed by atoms with Crippen LogP contribution in [0.1, 0.15) is 166 Å². The molecular weight excluding hydrogens is 1430 g/mol. The summed E-state index contributed by atoms with van der Waals surface area (Å²) in [5.41, 5.74) is 9.54. The van der Waals surface area contributed by atoms with E-state index in [9.17, 15) is 48.3 Å². The van der Waals surface area contributed by atoms with Crippen LogP contribution in [0.15, 0.2) is 128 Å². The molecule has 1 aromatic heterocycles. The third-order valence-corrected chi connectivity index (χ3v) is 23.1. The summed E-state index contributed by atoms with van der Waals surface area (Å²) in [6, 6.07) is 34.3. The van der Waals surface area contributed by atoms with Gasteiger partial charge in [0.05, 0.1) is 82.3 Å². The van der Waals surface area contributed by atoms with Crippen molar-refractivity contribution < 1.29 is 76.7 Å². The molecule has 7 amide bonds. The number of anilines is 2. The van der Waals surface area contributed by atoms with E-state index in [-0.39, 0.29) is 140 Å². The van der Waals surface area contributed by atoms with Crippen molar-refractivity contribution in [2.75, 3.05) is 64.0 Å². The van der Waals surface area contributed by atoms with Crippen molar-refractivity contribution in [2.45, 2.75) is 174 Å². The van der Waals surface area contributed by atoms with Crippen LogP contribution in [-0.2, 0) is 59.5 Å². The van der Waals surface area contributed by atoms with Crippen LogP contribution in [0.25, 0.3) is 28.1 Å². The van der Waals surface area contributed by atoms with Gasteiger partial charge >= 0.3 is 6.09 Å². The number of ketones is 2. The molecule has 1 aliphatic carbocycles. The summed E-state index contributed by atoms with van der Waals surface area (Å²) in [7, 11) is 4.62. The number of aryl methyl sites for hydroxylation is 1. The van der Waals surface area contributed by atoms with E-state index >= 15 is 0 Å². The van der Waals surface area contributed by atoms with E-state index in [0.717, 1.165) is 81.1 Å². The maximum atomic E-state index is 14.6. The standard InChI is InChI=1S/C86H96N10O16/c1-8-52(4)78(88-81(102)67-19-13-36-91(67)77(101)46-87-75(99)32-28-60(97)29-33-76(100)93-47-57-15-9-10-16-62(57)79-80(96(51(2)3)90-89-79)63-17-11-12-18-66(63)93)70(98)39-53-20-22-54(23-21-53)49-112-85(106)95-68-44-74(72(109-7)43-65(68)83(104)94-50-86(34-35-86)45-69(94)84(95)105)111-38-14-37-110-73-41-56-24-27-59-40-58(55-25-30-61(107-5)31-26-55)48-92(59)82(103)64(56)42-71(73)108-6/h9-12,15-18,20-23,25-26,30-31,41-44,48,51-52,59,67,69,78,84,105H,8,13-14,19,24,27-29,32-40,45-47,49-50H2,1-7H3,(H,87,99)(H,88,102)/t52-,59+,67+,69-,78-,84?/m0/s1. The second kappa shape index (κ2) is 33.3. The van der Waals surface area contributed by atoms with Crippen molar-refractivity contribution in [3.63, 3.8) is 0 Å². The number of rotatable bonds is 28. The molecule has 6 aromatic carbocycles. The first-order valence-corrected chi connectivity index (χ1v) is 38.9. The summed E-state index contributed by atoms with van der Waals surface area (Å²) in [6.45, 7) is 8.43. The fraction of sp³-hybridized carbons (Fsp3) is 0.430. The summed E-state index contributed by atoms with van der Waals surface area (Å²) >= 11 is 0. The number of carbonyl (C=O) groups excluding carboxylic acids is 9. The van der Waals surface area contributed by atoms with Gasteiger partial charge in [0.2, 0.25) is 23.6 Å². The maximum Gasteiger partial charge on any atom is 0.416 e. The van der Waals surface area contributed by atoms with Crippen LogP contribution >= 0.6 is 0 Å². The zero-order valence-corrected chi connectivity index (χ0v) is 64.4. The highest BCUT2D eigenvalue weighted by Crippen LogP contribution is 2.57. The Morgan fingerprint density at radius 3 is 2.12 bits per heavy atom. The normalized spacial score (nSPS) is 18.9. The molecule has 26 heteroatoms. The summed E-state index contributed by atoms with van der Waals surface area (Å²) < 4.78 is 37.4. The first-order valence-electron chi connectivity index (χ1n) is 38.9. The minimum absolute atomic E-state index is 0.00487. The molecule has 7 heterocycles. The van der Waals surface area contributed by atoms with Crippen LogP contribution in [-0.4, -0.2) is 172 Å². The van der Waals surface area contributed by atoms with Gasteiger partial charge in [-0.1, -0.05) is 104 Å². The van der Waals surface area contributed by atoms with Crippen molar-refractivity contribution >= 4 is 70.1 Å². The van der Waals surface area contributed by atoms with E-state index in [4.69, 9.17) is 28.4 Å². The number of aliphatic hydroxyl groups is 1. The fourth-order valence-corrected chi connectivity index (χ4v) is 16.4. The van der Waals surface area contributed by atoms with Crippen molar-refractivity contribution in [3.05, 3.63) is 166 Å². The Balaban J connectivity index is 0.557. The lowest BCUT2D eigenvalue weighted by molar-refractivity contribution is -0.139. The van der Waals surface area contributed by atoms with Gasteiger partial charge in [0.15, 0.2) is 35.0 Å². The number of fused-ring (bicyclic) bond motifs is 9. The van der Waals surface area contributed by atoms with Gasteiger partial charge in [0.1, 0.15) is 29.9 Å². The summed E-state index contributed by atoms with van der Waals surface area (Å²) in [4.78, 5) is 134. The van der Waals surface area contributed by atoms with Crippen LogP contribution in [0.5, 0.6) is 28.7 Å². The minimum Gasteiger partial charge on any atom is -0.497 e. The number of aromatic nitrogens is 3. The van der Waals surface area contributed by atoms with Gasteiger partial charge in [0.25, 0.3) is 11.8 Å². The topological polar surface area (TPSA) is 300 Å². The molecule has 1 saturated carbocycles. The van der Waals surface area contributed by atoms with Gasteiger partial charge in [-0.3, -0.25) is 38.4 Å². The fourth-order valence-electron chi connectivity index (χ4n) is 16.4. The van der Waals surface area contributed by atoms with E-state index in [1.165, 1.54) is 31.3 Å². The molecule has 14 rings (SSSR count). The van der Waals surface area contributed by atoms with Crippen molar-refractivity contribution in [1.82, 2.24) is 40.3 Å². The number of benzene rings is 6. The molecular formula is C86H96N10O16. The lowest BCUT2D eigenvalue weighted by Crippen LogP contribution is -2.54. The SMILES string of the molecule is CC[C@H](C)[C@H](NC(=O)[C@H]1CCCN1C(=O)CNC(=O)CCC(=O)CCC(=O)N1Cc2ccccc2-c2nnn(C(C)C)c2-c2ccccc21)C(=O)Cc1ccc(COC(=O)N2c3cc(OCCCOc4cc5c(cc4OC)C(=O)N4C=C(c6ccc(OC)cc6)C[C@H]4CC5)c(OC)cc3C(=O)N3CC4(CC4)C[C@H]3C2O)cc1. The number of likely N-dealkylation sites (tertiary alicyclic amines) is 1. The Labute approximate surface area is 650 Å². The smallest absolute Gasteiger partial charge is 0.416 e. The van der Waals surface area contributed by atoms with Gasteiger partial charge in [0, 0.05) is 92.7 Å². The Bertz CT molecular complexity index is 4820. The molecule has 112 heavy (non-hydrogen) atoms. The van der Waals surface area contributed by atoms with Gasteiger partial charge < -0.3 is 63.8 Å². The maximum absolute atomic E-state index is 14.6. The molecule has 26 nitrogen and oxygen atoms in total. The first-order chi connectivity index (χ1) is 54.1. The summed E-state index contributed by atoms with van der Waals surface area (Å²) in [5, 5.41) is 26.9. The second-order valence-electron chi connectivity index (χ2n) is 30.6. The molecule has 6 atom stereocenters. The largest absolute Gasteiger partial charge is 0.497 e. The van der Waals surface area contributed by atoms with E-state index < -0.39 is 54.7 Å². The number of methoxy groups -OCH3 is 3. The summed E-state index contributed by atoms with van der Waals surface area (Å²) in [6.07, 6.45) is 5.21.